The van der Waals surface area contributed by atoms with Gasteiger partial charge >= 0.3 is 0 Å². The lowest BCUT2D eigenvalue weighted by Gasteiger charge is -2.35. The molecule has 124 valence electrons. The zero-order valence-corrected chi connectivity index (χ0v) is 14.0. The second kappa shape index (κ2) is 8.51. The summed E-state index contributed by atoms with van der Waals surface area (Å²) in [6.45, 7) is 8.31. The normalized spacial score (nSPS) is 24.2. The fourth-order valence-corrected chi connectivity index (χ4v) is 3.37. The van der Waals surface area contributed by atoms with Gasteiger partial charge in [-0.15, -0.1) is 0 Å². The number of aliphatic hydroxyl groups excluding tert-OH is 1. The third kappa shape index (κ3) is 5.59. The van der Waals surface area contributed by atoms with Crippen molar-refractivity contribution in [2.75, 3.05) is 33.4 Å². The average Bonchev–Trinajstić information content (AvgIpc) is 2.46. The molecule has 1 saturated heterocycles. The molecule has 0 radical (unpaired) electrons. The van der Waals surface area contributed by atoms with Gasteiger partial charge in [-0.3, -0.25) is 0 Å². The van der Waals surface area contributed by atoms with E-state index >= 15 is 0 Å². The molecule has 1 aromatic rings. The van der Waals surface area contributed by atoms with Crippen molar-refractivity contribution in [1.82, 2.24) is 4.90 Å². The van der Waals surface area contributed by atoms with E-state index in [1.165, 1.54) is 6.42 Å². The third-order valence-electron chi connectivity index (χ3n) is 4.13. The number of piperidine rings is 1. The minimum atomic E-state index is -0.428. The van der Waals surface area contributed by atoms with Crippen molar-refractivity contribution in [2.24, 2.45) is 11.8 Å². The zero-order chi connectivity index (χ0) is 15.9. The van der Waals surface area contributed by atoms with Crippen LogP contribution < -0.4 is 4.74 Å². The molecule has 1 fully saturated rings. The Balaban J connectivity index is 1.70. The molecule has 0 saturated carbocycles. The Morgan fingerprint density at radius 1 is 1.27 bits per heavy atom. The van der Waals surface area contributed by atoms with Gasteiger partial charge in [0.05, 0.1) is 26.4 Å². The van der Waals surface area contributed by atoms with Gasteiger partial charge in [0.2, 0.25) is 0 Å². The molecule has 4 heteroatoms. The number of hydrogen-bond donors (Lipinski definition) is 1. The molecule has 0 amide bonds. The Hall–Kier alpha value is -1.10. The Bertz CT molecular complexity index is 442. The Morgan fingerprint density at radius 2 is 2.00 bits per heavy atom. The van der Waals surface area contributed by atoms with Crippen LogP contribution in [0.5, 0.6) is 5.75 Å². The van der Waals surface area contributed by atoms with E-state index in [2.05, 4.69) is 18.7 Å². The maximum Gasteiger partial charge on any atom is 0.119 e. The van der Waals surface area contributed by atoms with Gasteiger partial charge in [0.1, 0.15) is 5.75 Å². The molecule has 0 spiro atoms. The van der Waals surface area contributed by atoms with Crippen LogP contribution in [-0.4, -0.2) is 49.5 Å². The van der Waals surface area contributed by atoms with E-state index in [1.54, 1.807) is 7.11 Å². The number of methoxy groups -OCH3 is 1. The topological polar surface area (TPSA) is 41.9 Å². The maximum atomic E-state index is 10.2. The highest BCUT2D eigenvalue weighted by molar-refractivity contribution is 5.27. The molecule has 0 aliphatic carbocycles. The zero-order valence-electron chi connectivity index (χ0n) is 14.0. The number of rotatable bonds is 7. The first-order valence-electron chi connectivity index (χ1n) is 8.18. The predicted octanol–water partition coefficient (Wildman–Crippen LogP) is 2.55. The molecule has 1 heterocycles. The average molecular weight is 307 g/mol. The highest BCUT2D eigenvalue weighted by Crippen LogP contribution is 2.21. The lowest BCUT2D eigenvalue weighted by Crippen LogP contribution is -2.43. The van der Waals surface area contributed by atoms with Crippen molar-refractivity contribution >= 4 is 0 Å². The molecule has 22 heavy (non-hydrogen) atoms. The van der Waals surface area contributed by atoms with Crippen LogP contribution in [0.2, 0.25) is 0 Å². The van der Waals surface area contributed by atoms with E-state index in [0.29, 0.717) is 31.6 Å². The van der Waals surface area contributed by atoms with Gasteiger partial charge in [-0.2, -0.15) is 0 Å². The molecule has 1 aliphatic heterocycles. The standard InChI is InChI=1S/C18H29NO3/c1-14-7-15(2)10-19(9-14)11-17(20)13-22-12-16-5-4-6-18(8-16)21-3/h4-6,8,14-15,17,20H,7,9-13H2,1-3H3. The summed E-state index contributed by atoms with van der Waals surface area (Å²) >= 11 is 0. The van der Waals surface area contributed by atoms with Gasteiger partial charge in [-0.1, -0.05) is 26.0 Å². The van der Waals surface area contributed by atoms with Gasteiger partial charge < -0.3 is 19.5 Å². The van der Waals surface area contributed by atoms with Crippen LogP contribution in [0.25, 0.3) is 0 Å². The van der Waals surface area contributed by atoms with E-state index in [1.807, 2.05) is 24.3 Å². The third-order valence-corrected chi connectivity index (χ3v) is 4.13. The van der Waals surface area contributed by atoms with Crippen LogP contribution in [0.15, 0.2) is 24.3 Å². The molecule has 2 rings (SSSR count). The Labute approximate surface area is 134 Å². The van der Waals surface area contributed by atoms with Crippen molar-refractivity contribution in [3.05, 3.63) is 29.8 Å². The highest BCUT2D eigenvalue weighted by atomic mass is 16.5. The summed E-state index contributed by atoms with van der Waals surface area (Å²) in [4.78, 5) is 2.36. The smallest absolute Gasteiger partial charge is 0.119 e. The molecule has 0 aromatic heterocycles. The number of nitrogens with zero attached hydrogens (tertiary/aromatic N) is 1. The van der Waals surface area contributed by atoms with Crippen molar-refractivity contribution in [2.45, 2.75) is 33.0 Å². The maximum absolute atomic E-state index is 10.2. The molecule has 1 aromatic carbocycles. The van der Waals surface area contributed by atoms with E-state index in [4.69, 9.17) is 9.47 Å². The summed E-state index contributed by atoms with van der Waals surface area (Å²) in [5.74, 6) is 2.26. The van der Waals surface area contributed by atoms with Crippen molar-refractivity contribution < 1.29 is 14.6 Å². The van der Waals surface area contributed by atoms with E-state index in [0.717, 1.165) is 24.4 Å². The minimum absolute atomic E-state index is 0.371. The molecule has 3 unspecified atom stereocenters. The number of likely N-dealkylation sites (tertiary alicyclic amines) is 1. The quantitative estimate of drug-likeness (QED) is 0.840. The van der Waals surface area contributed by atoms with Gasteiger partial charge in [0.15, 0.2) is 0 Å². The molecular weight excluding hydrogens is 278 g/mol. The lowest BCUT2D eigenvalue weighted by atomic mass is 9.92. The van der Waals surface area contributed by atoms with Gasteiger partial charge in [0, 0.05) is 19.6 Å². The van der Waals surface area contributed by atoms with Crippen molar-refractivity contribution in [3.63, 3.8) is 0 Å². The molecular formula is C18H29NO3. The number of hydrogen-bond acceptors (Lipinski definition) is 4. The fourth-order valence-electron chi connectivity index (χ4n) is 3.37. The summed E-state index contributed by atoms with van der Waals surface area (Å²) in [5.41, 5.74) is 1.06. The number of aliphatic hydroxyl groups is 1. The summed E-state index contributed by atoms with van der Waals surface area (Å²) < 4.78 is 10.8. The van der Waals surface area contributed by atoms with E-state index < -0.39 is 6.10 Å². The van der Waals surface area contributed by atoms with Crippen LogP contribution >= 0.6 is 0 Å². The van der Waals surface area contributed by atoms with Crippen LogP contribution in [0.4, 0.5) is 0 Å². The number of benzene rings is 1. The van der Waals surface area contributed by atoms with Crippen LogP contribution in [0.1, 0.15) is 25.8 Å². The second-order valence-corrected chi connectivity index (χ2v) is 6.69. The monoisotopic (exact) mass is 307 g/mol. The molecule has 1 N–H and O–H groups in total. The SMILES string of the molecule is COc1cccc(COCC(O)CN2CC(C)CC(C)C2)c1. The first-order valence-corrected chi connectivity index (χ1v) is 8.18. The van der Waals surface area contributed by atoms with Gasteiger partial charge in [-0.05, 0) is 36.0 Å². The highest BCUT2D eigenvalue weighted by Gasteiger charge is 2.23. The van der Waals surface area contributed by atoms with Gasteiger partial charge in [0.25, 0.3) is 0 Å². The van der Waals surface area contributed by atoms with E-state index in [9.17, 15) is 5.11 Å². The van der Waals surface area contributed by atoms with Crippen molar-refractivity contribution in [3.8, 4) is 5.75 Å². The molecule has 3 atom stereocenters. The van der Waals surface area contributed by atoms with Crippen LogP contribution in [0, 0.1) is 11.8 Å². The Kier molecular flexibility index (Phi) is 6.68. The van der Waals surface area contributed by atoms with Crippen molar-refractivity contribution in [1.29, 1.82) is 0 Å². The molecule has 1 aliphatic rings. The summed E-state index contributed by atoms with van der Waals surface area (Å²) in [6.07, 6.45) is 0.863. The second-order valence-electron chi connectivity index (χ2n) is 6.69. The number of β-amino-alcohol motifs (C(OH)–C–C–N with tert-alkyl or cyclic N) is 1. The lowest BCUT2D eigenvalue weighted by molar-refractivity contribution is -0.000919. The number of ether oxygens (including phenoxy) is 2. The Morgan fingerprint density at radius 3 is 2.68 bits per heavy atom. The molecule has 0 bridgehead atoms. The first kappa shape index (κ1) is 17.3. The summed E-state index contributed by atoms with van der Waals surface area (Å²) in [5, 5.41) is 10.2. The van der Waals surface area contributed by atoms with Crippen LogP contribution in [-0.2, 0) is 11.3 Å². The van der Waals surface area contributed by atoms with Gasteiger partial charge in [-0.25, -0.2) is 0 Å². The predicted molar refractivity (Wildman–Crippen MR) is 88.0 cm³/mol. The van der Waals surface area contributed by atoms with E-state index in [-0.39, 0.29) is 0 Å². The largest absolute Gasteiger partial charge is 0.497 e. The first-order chi connectivity index (χ1) is 10.6. The minimum Gasteiger partial charge on any atom is -0.497 e. The fraction of sp³-hybridized carbons (Fsp3) is 0.667. The summed E-state index contributed by atoms with van der Waals surface area (Å²) in [7, 11) is 1.66. The molecule has 4 nitrogen and oxygen atoms in total. The summed E-state index contributed by atoms with van der Waals surface area (Å²) in [6, 6.07) is 7.82. The van der Waals surface area contributed by atoms with Crippen LogP contribution in [0.3, 0.4) is 0 Å².